The molecule has 1 unspecified atom stereocenters. The van der Waals surface area contributed by atoms with Gasteiger partial charge < -0.3 is 19.2 Å². The number of rotatable bonds is 10. The number of carbonyl (C=O) groups is 2. The van der Waals surface area contributed by atoms with Gasteiger partial charge in [0.1, 0.15) is 6.26 Å². The third-order valence-corrected chi connectivity index (χ3v) is 3.87. The Morgan fingerprint density at radius 3 is 2.69 bits per heavy atom. The molecule has 0 aliphatic rings. The Bertz CT molecular complexity index is 714. The highest BCUT2D eigenvalue weighted by molar-refractivity contribution is 5.92. The Labute approximate surface area is 152 Å². The average molecular weight is 360 g/mol. The Balaban J connectivity index is 2.11. The number of benzene rings is 1. The largest absolute Gasteiger partial charge is 0.481 e. The molecule has 0 bridgehead atoms. The van der Waals surface area contributed by atoms with Gasteiger partial charge in [0, 0.05) is 31.9 Å². The number of hydrogen-bond acceptors (Lipinski definition) is 5. The molecule has 1 heterocycles. The standard InChI is InChI=1S/C19H24N2O5/c1-3-25-11-7-10-21(12-14(2)19(23)24)18(22)16-13-26-17(20-16)15-8-5-4-6-9-15/h4-6,8-9,13-14H,3,7,10-12H2,1-2H3,(H,23,24). The predicted molar refractivity (Wildman–Crippen MR) is 95.8 cm³/mol. The highest BCUT2D eigenvalue weighted by atomic mass is 16.5. The molecular formula is C19H24N2O5. The number of aliphatic carboxylic acids is 1. The van der Waals surface area contributed by atoms with Gasteiger partial charge >= 0.3 is 5.97 Å². The Morgan fingerprint density at radius 1 is 1.31 bits per heavy atom. The van der Waals surface area contributed by atoms with E-state index >= 15 is 0 Å². The fraction of sp³-hybridized carbons (Fsp3) is 0.421. The second-order valence-corrected chi connectivity index (χ2v) is 5.94. The molecule has 0 aliphatic heterocycles. The quantitative estimate of drug-likeness (QED) is 0.655. The van der Waals surface area contributed by atoms with Crippen LogP contribution >= 0.6 is 0 Å². The maximum absolute atomic E-state index is 12.8. The summed E-state index contributed by atoms with van der Waals surface area (Å²) in [6, 6.07) is 9.27. The number of carbonyl (C=O) groups excluding carboxylic acids is 1. The molecule has 0 saturated heterocycles. The molecule has 140 valence electrons. The van der Waals surface area contributed by atoms with Crippen LogP contribution in [0.4, 0.5) is 0 Å². The smallest absolute Gasteiger partial charge is 0.308 e. The SMILES string of the molecule is CCOCCCN(CC(C)C(=O)O)C(=O)c1coc(-c2ccccc2)n1. The van der Waals surface area contributed by atoms with Gasteiger partial charge in [-0.25, -0.2) is 4.98 Å². The summed E-state index contributed by atoms with van der Waals surface area (Å²) in [5.74, 6) is -1.61. The summed E-state index contributed by atoms with van der Waals surface area (Å²) >= 11 is 0. The van der Waals surface area contributed by atoms with E-state index in [1.165, 1.54) is 11.2 Å². The van der Waals surface area contributed by atoms with Crippen LogP contribution in [0.3, 0.4) is 0 Å². The van der Waals surface area contributed by atoms with Gasteiger partial charge in [0.15, 0.2) is 5.69 Å². The van der Waals surface area contributed by atoms with Crippen LogP contribution in [0.15, 0.2) is 41.0 Å². The maximum Gasteiger partial charge on any atom is 0.308 e. The van der Waals surface area contributed by atoms with Gasteiger partial charge in [0.25, 0.3) is 5.91 Å². The summed E-state index contributed by atoms with van der Waals surface area (Å²) in [5, 5.41) is 9.15. The van der Waals surface area contributed by atoms with E-state index in [-0.39, 0.29) is 18.1 Å². The summed E-state index contributed by atoms with van der Waals surface area (Å²) in [4.78, 5) is 29.7. The van der Waals surface area contributed by atoms with Crippen LogP contribution in [0.5, 0.6) is 0 Å². The first-order valence-electron chi connectivity index (χ1n) is 8.63. The lowest BCUT2D eigenvalue weighted by Gasteiger charge is -2.23. The fourth-order valence-electron chi connectivity index (χ4n) is 2.43. The zero-order chi connectivity index (χ0) is 18.9. The summed E-state index contributed by atoms with van der Waals surface area (Å²) in [6.45, 7) is 5.08. The molecule has 7 nitrogen and oxygen atoms in total. The molecule has 2 rings (SSSR count). The van der Waals surface area contributed by atoms with Crippen molar-refractivity contribution in [3.63, 3.8) is 0 Å². The summed E-state index contributed by atoms with van der Waals surface area (Å²) < 4.78 is 10.7. The first kappa shape index (κ1) is 19.7. The number of carboxylic acids is 1. The average Bonchev–Trinajstić information content (AvgIpc) is 3.14. The van der Waals surface area contributed by atoms with Crippen molar-refractivity contribution < 1.29 is 23.8 Å². The lowest BCUT2D eigenvalue weighted by molar-refractivity contribution is -0.141. The second-order valence-electron chi connectivity index (χ2n) is 5.94. The van der Waals surface area contributed by atoms with Crippen LogP contribution in [0.1, 0.15) is 30.8 Å². The van der Waals surface area contributed by atoms with Crippen molar-refractivity contribution in [2.45, 2.75) is 20.3 Å². The summed E-state index contributed by atoms with van der Waals surface area (Å²) in [5.41, 5.74) is 0.936. The van der Waals surface area contributed by atoms with Gasteiger partial charge in [-0.2, -0.15) is 0 Å². The van der Waals surface area contributed by atoms with E-state index in [0.29, 0.717) is 32.1 Å². The van der Waals surface area contributed by atoms with Crippen LogP contribution in [-0.4, -0.2) is 53.2 Å². The number of carboxylic acid groups (broad SMARTS) is 1. The molecule has 0 fully saturated rings. The summed E-state index contributed by atoms with van der Waals surface area (Å²) in [7, 11) is 0. The van der Waals surface area contributed by atoms with Gasteiger partial charge in [-0.05, 0) is 25.5 Å². The molecule has 7 heteroatoms. The van der Waals surface area contributed by atoms with Crippen molar-refractivity contribution >= 4 is 11.9 Å². The van der Waals surface area contributed by atoms with Crippen LogP contribution in [0, 0.1) is 5.92 Å². The van der Waals surface area contributed by atoms with Gasteiger partial charge in [-0.1, -0.05) is 25.1 Å². The Hall–Kier alpha value is -2.67. The fourth-order valence-corrected chi connectivity index (χ4v) is 2.43. The zero-order valence-corrected chi connectivity index (χ0v) is 15.1. The first-order chi connectivity index (χ1) is 12.5. The third-order valence-electron chi connectivity index (χ3n) is 3.87. The van der Waals surface area contributed by atoms with Crippen molar-refractivity contribution in [3.05, 3.63) is 42.3 Å². The highest BCUT2D eigenvalue weighted by Crippen LogP contribution is 2.19. The lowest BCUT2D eigenvalue weighted by atomic mass is 10.1. The van der Waals surface area contributed by atoms with E-state index in [2.05, 4.69) is 4.98 Å². The number of aromatic nitrogens is 1. The molecule has 1 N–H and O–H groups in total. The Morgan fingerprint density at radius 2 is 2.04 bits per heavy atom. The lowest BCUT2D eigenvalue weighted by Crippen LogP contribution is -2.38. The van der Waals surface area contributed by atoms with Crippen molar-refractivity contribution in [1.29, 1.82) is 0 Å². The molecule has 2 aromatic rings. The van der Waals surface area contributed by atoms with Crippen molar-refractivity contribution in [1.82, 2.24) is 9.88 Å². The van der Waals surface area contributed by atoms with E-state index in [0.717, 1.165) is 5.56 Å². The van der Waals surface area contributed by atoms with E-state index < -0.39 is 11.9 Å². The van der Waals surface area contributed by atoms with Gasteiger partial charge in [-0.15, -0.1) is 0 Å². The molecule has 0 aliphatic carbocycles. The van der Waals surface area contributed by atoms with Crippen molar-refractivity contribution in [2.75, 3.05) is 26.3 Å². The van der Waals surface area contributed by atoms with E-state index in [4.69, 9.17) is 14.3 Å². The molecule has 1 amide bonds. The number of ether oxygens (including phenoxy) is 1. The summed E-state index contributed by atoms with van der Waals surface area (Å²) in [6.07, 6.45) is 1.93. The number of hydrogen-bond donors (Lipinski definition) is 1. The van der Waals surface area contributed by atoms with E-state index in [1.54, 1.807) is 6.92 Å². The minimum absolute atomic E-state index is 0.105. The molecule has 1 aromatic carbocycles. The topological polar surface area (TPSA) is 92.9 Å². The monoisotopic (exact) mass is 360 g/mol. The van der Waals surface area contributed by atoms with Gasteiger partial charge in [0.05, 0.1) is 5.92 Å². The van der Waals surface area contributed by atoms with Crippen LogP contribution in [0.2, 0.25) is 0 Å². The maximum atomic E-state index is 12.8. The number of oxazole rings is 1. The zero-order valence-electron chi connectivity index (χ0n) is 15.1. The highest BCUT2D eigenvalue weighted by Gasteiger charge is 2.24. The first-order valence-corrected chi connectivity index (χ1v) is 8.63. The molecule has 1 aromatic heterocycles. The minimum Gasteiger partial charge on any atom is -0.481 e. The molecule has 26 heavy (non-hydrogen) atoms. The van der Waals surface area contributed by atoms with Gasteiger partial charge in [-0.3, -0.25) is 9.59 Å². The molecular weight excluding hydrogens is 336 g/mol. The van der Waals surface area contributed by atoms with Crippen LogP contribution in [0.25, 0.3) is 11.5 Å². The van der Waals surface area contributed by atoms with Gasteiger partial charge in [0.2, 0.25) is 5.89 Å². The van der Waals surface area contributed by atoms with E-state index in [1.807, 2.05) is 37.3 Å². The minimum atomic E-state index is -0.947. The number of amides is 1. The molecule has 0 spiro atoms. The van der Waals surface area contributed by atoms with Crippen LogP contribution < -0.4 is 0 Å². The molecule has 0 radical (unpaired) electrons. The molecule has 0 saturated carbocycles. The van der Waals surface area contributed by atoms with Crippen LogP contribution in [-0.2, 0) is 9.53 Å². The number of nitrogens with zero attached hydrogens (tertiary/aromatic N) is 2. The van der Waals surface area contributed by atoms with Crippen molar-refractivity contribution in [3.8, 4) is 11.5 Å². The predicted octanol–water partition coefficient (Wildman–Crippen LogP) is 2.93. The normalized spacial score (nSPS) is 11.9. The van der Waals surface area contributed by atoms with E-state index in [9.17, 15) is 9.59 Å². The second kappa shape index (κ2) is 9.72. The van der Waals surface area contributed by atoms with Crippen molar-refractivity contribution in [2.24, 2.45) is 5.92 Å². The third kappa shape index (κ3) is 5.42. The molecule has 1 atom stereocenters. The Kier molecular flexibility index (Phi) is 7.35.